The number of aliphatic hydroxyl groups is 1. The summed E-state index contributed by atoms with van der Waals surface area (Å²) < 4.78 is 11.0. The van der Waals surface area contributed by atoms with Crippen molar-refractivity contribution in [3.63, 3.8) is 0 Å². The maximum absolute atomic E-state index is 9.80. The van der Waals surface area contributed by atoms with Gasteiger partial charge in [-0.3, -0.25) is 0 Å². The van der Waals surface area contributed by atoms with Gasteiger partial charge in [-0.05, 0) is 19.8 Å². The first-order chi connectivity index (χ1) is 7.16. The van der Waals surface area contributed by atoms with Gasteiger partial charge in [0.1, 0.15) is 0 Å². The smallest absolute Gasteiger partial charge is 0.158 e. The second-order valence-electron chi connectivity index (χ2n) is 4.84. The highest BCUT2D eigenvalue weighted by Crippen LogP contribution is 2.21. The summed E-state index contributed by atoms with van der Waals surface area (Å²) in [4.78, 5) is 2.28. The van der Waals surface area contributed by atoms with E-state index in [-0.39, 0.29) is 6.29 Å². The van der Waals surface area contributed by atoms with Crippen molar-refractivity contribution in [1.82, 2.24) is 4.90 Å². The second kappa shape index (κ2) is 4.78. The lowest BCUT2D eigenvalue weighted by atomic mass is 10.1. The Morgan fingerprint density at radius 2 is 2.13 bits per heavy atom. The van der Waals surface area contributed by atoms with Crippen molar-refractivity contribution in [2.45, 2.75) is 38.1 Å². The van der Waals surface area contributed by atoms with Crippen LogP contribution in [0.2, 0.25) is 0 Å². The van der Waals surface area contributed by atoms with Gasteiger partial charge in [0.25, 0.3) is 0 Å². The van der Waals surface area contributed by atoms with Crippen molar-refractivity contribution in [3.05, 3.63) is 0 Å². The number of hydrogen-bond donors (Lipinski definition) is 1. The Morgan fingerprint density at radius 3 is 2.73 bits per heavy atom. The zero-order valence-electron chi connectivity index (χ0n) is 9.45. The van der Waals surface area contributed by atoms with E-state index >= 15 is 0 Å². The second-order valence-corrected chi connectivity index (χ2v) is 4.84. The van der Waals surface area contributed by atoms with Crippen molar-refractivity contribution in [3.8, 4) is 0 Å². The van der Waals surface area contributed by atoms with E-state index in [9.17, 15) is 5.11 Å². The highest BCUT2D eigenvalue weighted by Gasteiger charge is 2.31. The van der Waals surface area contributed by atoms with Gasteiger partial charge in [-0.15, -0.1) is 0 Å². The molecule has 0 saturated carbocycles. The van der Waals surface area contributed by atoms with Crippen LogP contribution in [-0.4, -0.2) is 54.7 Å². The quantitative estimate of drug-likeness (QED) is 0.748. The molecule has 2 fully saturated rings. The highest BCUT2D eigenvalue weighted by atomic mass is 16.7. The molecule has 1 atom stereocenters. The van der Waals surface area contributed by atoms with Crippen LogP contribution in [0.5, 0.6) is 0 Å². The predicted molar refractivity (Wildman–Crippen MR) is 56.6 cm³/mol. The maximum Gasteiger partial charge on any atom is 0.158 e. The van der Waals surface area contributed by atoms with E-state index in [1.54, 1.807) is 0 Å². The average Bonchev–Trinajstić information content (AvgIpc) is 2.57. The van der Waals surface area contributed by atoms with Gasteiger partial charge in [-0.1, -0.05) is 0 Å². The van der Waals surface area contributed by atoms with Crippen LogP contribution in [0.15, 0.2) is 0 Å². The van der Waals surface area contributed by atoms with Gasteiger partial charge < -0.3 is 19.5 Å². The summed E-state index contributed by atoms with van der Waals surface area (Å²) in [6.45, 7) is 6.27. The number of ether oxygens (including phenoxy) is 2. The highest BCUT2D eigenvalue weighted by molar-refractivity contribution is 4.85. The fourth-order valence-electron chi connectivity index (χ4n) is 2.22. The molecule has 0 aromatic rings. The number of hydrogen-bond acceptors (Lipinski definition) is 4. The lowest BCUT2D eigenvalue weighted by Gasteiger charge is -2.25. The Hall–Kier alpha value is -0.160. The van der Waals surface area contributed by atoms with Crippen LogP contribution in [0.3, 0.4) is 0 Å². The van der Waals surface area contributed by atoms with Gasteiger partial charge in [-0.25, -0.2) is 0 Å². The maximum atomic E-state index is 9.80. The summed E-state index contributed by atoms with van der Waals surface area (Å²) in [6, 6.07) is 0. The monoisotopic (exact) mass is 215 g/mol. The molecule has 0 radical (unpaired) electrons. The molecular weight excluding hydrogens is 194 g/mol. The summed E-state index contributed by atoms with van der Waals surface area (Å²) >= 11 is 0. The van der Waals surface area contributed by atoms with Crippen molar-refractivity contribution < 1.29 is 14.6 Å². The summed E-state index contributed by atoms with van der Waals surface area (Å²) in [7, 11) is 0. The molecule has 2 rings (SSSR count). The van der Waals surface area contributed by atoms with Gasteiger partial charge in [0.15, 0.2) is 6.29 Å². The Morgan fingerprint density at radius 1 is 1.40 bits per heavy atom. The van der Waals surface area contributed by atoms with E-state index in [1.165, 1.54) is 0 Å². The molecule has 4 nitrogen and oxygen atoms in total. The minimum Gasteiger partial charge on any atom is -0.389 e. The van der Waals surface area contributed by atoms with Gasteiger partial charge in [0.2, 0.25) is 0 Å². The van der Waals surface area contributed by atoms with Crippen molar-refractivity contribution in [2.24, 2.45) is 0 Å². The molecule has 2 saturated heterocycles. The minimum absolute atomic E-state index is 0.0238. The van der Waals surface area contributed by atoms with Crippen LogP contribution >= 0.6 is 0 Å². The molecule has 0 spiro atoms. The molecule has 0 aromatic carbocycles. The first-order valence-corrected chi connectivity index (χ1v) is 5.84. The van der Waals surface area contributed by atoms with Crippen molar-refractivity contribution >= 4 is 0 Å². The fraction of sp³-hybridized carbons (Fsp3) is 1.00. The predicted octanol–water partition coefficient (Wildman–Crippen LogP) is 0.596. The Labute approximate surface area is 91.2 Å². The van der Waals surface area contributed by atoms with E-state index in [2.05, 4.69) is 4.90 Å². The van der Waals surface area contributed by atoms with E-state index < -0.39 is 5.60 Å². The number of likely N-dealkylation sites (tertiary alicyclic amines) is 1. The molecule has 0 aliphatic carbocycles. The Balaban J connectivity index is 1.65. The van der Waals surface area contributed by atoms with Gasteiger partial charge in [0.05, 0.1) is 18.8 Å². The van der Waals surface area contributed by atoms with Crippen LogP contribution in [0.25, 0.3) is 0 Å². The normalized spacial score (nSPS) is 34.8. The minimum atomic E-state index is -0.492. The van der Waals surface area contributed by atoms with Crippen LogP contribution < -0.4 is 0 Å². The topological polar surface area (TPSA) is 41.9 Å². The Bertz CT molecular complexity index is 202. The third-order valence-corrected chi connectivity index (χ3v) is 3.11. The molecule has 1 unspecified atom stereocenters. The molecule has 0 bridgehead atoms. The van der Waals surface area contributed by atoms with Crippen molar-refractivity contribution in [2.75, 3.05) is 32.8 Å². The van der Waals surface area contributed by atoms with Gasteiger partial charge >= 0.3 is 0 Å². The molecule has 0 amide bonds. The van der Waals surface area contributed by atoms with E-state index in [0.717, 1.165) is 52.1 Å². The zero-order chi connectivity index (χ0) is 10.7. The molecule has 2 aliphatic rings. The van der Waals surface area contributed by atoms with E-state index in [0.29, 0.717) is 0 Å². The van der Waals surface area contributed by atoms with Crippen LogP contribution in [-0.2, 0) is 9.47 Å². The molecular formula is C11H21NO3. The van der Waals surface area contributed by atoms with Gasteiger partial charge in [-0.2, -0.15) is 0 Å². The van der Waals surface area contributed by atoms with Crippen LogP contribution in [0.4, 0.5) is 0 Å². The van der Waals surface area contributed by atoms with E-state index in [4.69, 9.17) is 9.47 Å². The third kappa shape index (κ3) is 3.41. The summed E-state index contributed by atoms with van der Waals surface area (Å²) in [6.07, 6.45) is 2.77. The standard InChI is InChI=1S/C11H21NO3/c1-11(13)4-6-12(9-11)5-3-10-14-7-2-8-15-10/h10,13H,2-9H2,1H3. The zero-order valence-corrected chi connectivity index (χ0v) is 9.45. The lowest BCUT2D eigenvalue weighted by molar-refractivity contribution is -0.182. The first kappa shape index (κ1) is 11.3. The summed E-state index contributed by atoms with van der Waals surface area (Å²) in [5.74, 6) is 0. The largest absolute Gasteiger partial charge is 0.389 e. The molecule has 2 heterocycles. The van der Waals surface area contributed by atoms with Crippen molar-refractivity contribution in [1.29, 1.82) is 0 Å². The number of nitrogens with zero attached hydrogens (tertiary/aromatic N) is 1. The third-order valence-electron chi connectivity index (χ3n) is 3.11. The summed E-state index contributed by atoms with van der Waals surface area (Å²) in [5.41, 5.74) is -0.492. The summed E-state index contributed by atoms with van der Waals surface area (Å²) in [5, 5.41) is 9.80. The number of rotatable bonds is 3. The molecule has 4 heteroatoms. The van der Waals surface area contributed by atoms with Crippen LogP contribution in [0.1, 0.15) is 26.2 Å². The van der Waals surface area contributed by atoms with E-state index in [1.807, 2.05) is 6.92 Å². The number of β-amino-alcohol motifs (C(OH)–C–C–N with tert-alkyl or cyclic N) is 1. The van der Waals surface area contributed by atoms with Gasteiger partial charge in [0, 0.05) is 26.1 Å². The molecule has 2 aliphatic heterocycles. The Kier molecular flexibility index (Phi) is 3.61. The van der Waals surface area contributed by atoms with Crippen LogP contribution in [0, 0.1) is 0 Å². The molecule has 88 valence electrons. The molecule has 0 aromatic heterocycles. The lowest BCUT2D eigenvalue weighted by Crippen LogP contribution is -2.33. The first-order valence-electron chi connectivity index (χ1n) is 5.84. The molecule has 1 N–H and O–H groups in total. The SMILES string of the molecule is CC1(O)CCN(CCC2OCCCO2)C1. The molecule has 15 heavy (non-hydrogen) atoms. The fourth-order valence-corrected chi connectivity index (χ4v) is 2.22. The average molecular weight is 215 g/mol.